The van der Waals surface area contributed by atoms with Crippen LogP contribution in [0.5, 0.6) is 23.0 Å². The summed E-state index contributed by atoms with van der Waals surface area (Å²) in [5, 5.41) is 23.6. The van der Waals surface area contributed by atoms with E-state index in [0.717, 1.165) is 55.1 Å². The molecule has 6 rings (SSSR count). The summed E-state index contributed by atoms with van der Waals surface area (Å²) in [5.74, 6) is 1.14. The Kier molecular flexibility index (Phi) is 10.9. The predicted molar refractivity (Wildman–Crippen MR) is 197 cm³/mol. The highest BCUT2D eigenvalue weighted by atomic mass is 16.5. The lowest BCUT2D eigenvalue weighted by Gasteiger charge is -2.32. The number of carbonyl (C=O) groups excluding carboxylic acids is 2. The Morgan fingerprint density at radius 3 is 2.40 bits per heavy atom. The number of hydrogen-bond donors (Lipinski definition) is 2. The van der Waals surface area contributed by atoms with E-state index in [4.69, 9.17) is 19.2 Å². The molecule has 1 aromatic heterocycles. The number of ether oxygens (including phenoxy) is 3. The van der Waals surface area contributed by atoms with Crippen molar-refractivity contribution < 1.29 is 28.9 Å². The minimum absolute atomic E-state index is 0.145. The predicted octanol–water partition coefficient (Wildman–Crippen LogP) is 5.87. The molecular formula is C40H42N6O6. The molecule has 0 bridgehead atoms. The van der Waals surface area contributed by atoms with Crippen LogP contribution in [-0.2, 0) is 19.7 Å². The van der Waals surface area contributed by atoms with Gasteiger partial charge in [-0.2, -0.15) is 5.26 Å². The van der Waals surface area contributed by atoms with Crippen molar-refractivity contribution in [2.24, 2.45) is 0 Å². The third kappa shape index (κ3) is 8.76. The zero-order valence-corrected chi connectivity index (χ0v) is 29.8. The van der Waals surface area contributed by atoms with Crippen molar-refractivity contribution in [1.82, 2.24) is 19.4 Å². The SMILES string of the molecule is COc1ccc(COc2cccc(Oc3cc(C#N)cc(C(=O)Nc4nc5ccc(CN6CCN(C)CC6)cc5n4CC(C)(C)O)c3)c2C=O)cc1. The van der Waals surface area contributed by atoms with Crippen LogP contribution in [0.15, 0.2) is 78.9 Å². The lowest BCUT2D eigenvalue weighted by molar-refractivity contribution is 0.0630. The topological polar surface area (TPSA) is 142 Å². The molecular weight excluding hydrogens is 660 g/mol. The zero-order valence-electron chi connectivity index (χ0n) is 29.8. The monoisotopic (exact) mass is 702 g/mol. The summed E-state index contributed by atoms with van der Waals surface area (Å²) >= 11 is 0. The minimum Gasteiger partial charge on any atom is -0.497 e. The first-order chi connectivity index (χ1) is 25.0. The van der Waals surface area contributed by atoms with Gasteiger partial charge in [-0.1, -0.05) is 24.3 Å². The number of rotatable bonds is 13. The summed E-state index contributed by atoms with van der Waals surface area (Å²) in [6.07, 6.45) is 0.643. The highest BCUT2D eigenvalue weighted by molar-refractivity contribution is 6.04. The average Bonchev–Trinajstić information content (AvgIpc) is 3.45. The molecule has 2 N–H and O–H groups in total. The molecule has 0 saturated carbocycles. The summed E-state index contributed by atoms with van der Waals surface area (Å²) in [6, 6.07) is 24.9. The average molecular weight is 703 g/mol. The molecule has 5 aromatic rings. The number of nitrogens with zero attached hydrogens (tertiary/aromatic N) is 5. The third-order valence-electron chi connectivity index (χ3n) is 8.81. The Bertz CT molecular complexity index is 2110. The van der Waals surface area contributed by atoms with Crippen molar-refractivity contribution in [2.75, 3.05) is 45.7 Å². The maximum absolute atomic E-state index is 13.8. The maximum atomic E-state index is 13.8. The molecule has 12 heteroatoms. The van der Waals surface area contributed by atoms with E-state index in [2.05, 4.69) is 34.3 Å². The first kappa shape index (κ1) is 36.1. The Hall–Kier alpha value is -5.74. The van der Waals surface area contributed by atoms with E-state index in [9.17, 15) is 20.0 Å². The van der Waals surface area contributed by atoms with Crippen molar-refractivity contribution in [2.45, 2.75) is 39.1 Å². The van der Waals surface area contributed by atoms with Crippen LogP contribution in [0.4, 0.5) is 5.95 Å². The van der Waals surface area contributed by atoms with Crippen LogP contribution in [0.2, 0.25) is 0 Å². The third-order valence-corrected chi connectivity index (χ3v) is 8.81. The van der Waals surface area contributed by atoms with Crippen LogP contribution < -0.4 is 19.5 Å². The number of aliphatic hydroxyl groups is 1. The van der Waals surface area contributed by atoms with Crippen molar-refractivity contribution in [3.05, 3.63) is 107 Å². The number of aromatic nitrogens is 2. The number of imidazole rings is 1. The molecule has 12 nitrogen and oxygen atoms in total. The second-order valence-corrected chi connectivity index (χ2v) is 13.6. The van der Waals surface area contributed by atoms with Gasteiger partial charge in [0.2, 0.25) is 5.95 Å². The van der Waals surface area contributed by atoms with Gasteiger partial charge >= 0.3 is 0 Å². The first-order valence-electron chi connectivity index (χ1n) is 17.0. The van der Waals surface area contributed by atoms with Gasteiger partial charge in [0.05, 0.1) is 47.5 Å². The Morgan fingerprint density at radius 2 is 1.71 bits per heavy atom. The van der Waals surface area contributed by atoms with E-state index < -0.39 is 11.5 Å². The number of nitrogens with one attached hydrogen (secondary N) is 1. The minimum atomic E-state index is -1.11. The Morgan fingerprint density at radius 1 is 0.981 bits per heavy atom. The summed E-state index contributed by atoms with van der Waals surface area (Å²) in [4.78, 5) is 35.5. The van der Waals surface area contributed by atoms with Crippen LogP contribution in [-0.4, -0.2) is 82.6 Å². The van der Waals surface area contributed by atoms with E-state index in [-0.39, 0.29) is 47.3 Å². The molecule has 0 spiro atoms. The van der Waals surface area contributed by atoms with Crippen molar-refractivity contribution in [1.29, 1.82) is 5.26 Å². The van der Waals surface area contributed by atoms with Crippen molar-refractivity contribution >= 4 is 29.2 Å². The highest BCUT2D eigenvalue weighted by Crippen LogP contribution is 2.33. The van der Waals surface area contributed by atoms with Gasteiger partial charge in [0.25, 0.3) is 5.91 Å². The molecule has 1 aliphatic rings. The first-order valence-corrected chi connectivity index (χ1v) is 17.0. The van der Waals surface area contributed by atoms with Crippen LogP contribution in [0.25, 0.3) is 11.0 Å². The molecule has 1 amide bonds. The largest absolute Gasteiger partial charge is 0.497 e. The van der Waals surface area contributed by atoms with E-state index in [1.54, 1.807) is 43.7 Å². The van der Waals surface area contributed by atoms with Crippen molar-refractivity contribution in [3.63, 3.8) is 0 Å². The lowest BCUT2D eigenvalue weighted by atomic mass is 10.1. The fourth-order valence-electron chi connectivity index (χ4n) is 6.07. The zero-order chi connectivity index (χ0) is 36.8. The fourth-order valence-corrected chi connectivity index (χ4v) is 6.07. The molecule has 1 fully saturated rings. The van der Waals surface area contributed by atoms with Crippen molar-refractivity contribution in [3.8, 4) is 29.1 Å². The Labute approximate surface area is 302 Å². The van der Waals surface area contributed by atoms with Crippen LogP contribution in [0.1, 0.15) is 51.3 Å². The molecule has 52 heavy (non-hydrogen) atoms. The lowest BCUT2D eigenvalue weighted by Crippen LogP contribution is -2.43. The molecule has 1 saturated heterocycles. The quantitative estimate of drug-likeness (QED) is 0.143. The molecule has 0 aliphatic carbocycles. The summed E-state index contributed by atoms with van der Waals surface area (Å²) in [5.41, 5.74) is 2.85. The smallest absolute Gasteiger partial charge is 0.258 e. The number of likely N-dealkylation sites (N-methyl/N-ethyl adjacent to an activating group) is 1. The second-order valence-electron chi connectivity index (χ2n) is 13.6. The van der Waals surface area contributed by atoms with Gasteiger partial charge in [-0.25, -0.2) is 4.98 Å². The van der Waals surface area contributed by atoms with Gasteiger partial charge in [-0.3, -0.25) is 19.8 Å². The van der Waals surface area contributed by atoms with Gasteiger partial charge in [0.15, 0.2) is 6.29 Å². The number of fused-ring (bicyclic) bond motifs is 1. The number of hydrogen-bond acceptors (Lipinski definition) is 10. The second kappa shape index (κ2) is 15.7. The van der Waals surface area contributed by atoms with E-state index in [1.165, 1.54) is 18.2 Å². The molecule has 0 radical (unpaired) electrons. The molecule has 1 aliphatic heterocycles. The van der Waals surface area contributed by atoms with Gasteiger partial charge in [-0.05, 0) is 86.6 Å². The summed E-state index contributed by atoms with van der Waals surface area (Å²) in [7, 11) is 3.72. The van der Waals surface area contributed by atoms with Gasteiger partial charge < -0.3 is 28.8 Å². The number of nitriles is 1. The number of piperazine rings is 1. The highest BCUT2D eigenvalue weighted by Gasteiger charge is 2.23. The Balaban J connectivity index is 1.24. The van der Waals surface area contributed by atoms with Gasteiger partial charge in [-0.15, -0.1) is 0 Å². The van der Waals surface area contributed by atoms with Gasteiger partial charge in [0.1, 0.15) is 29.6 Å². The van der Waals surface area contributed by atoms with Gasteiger partial charge in [0, 0.05) is 38.3 Å². The van der Waals surface area contributed by atoms with E-state index in [1.807, 2.05) is 36.4 Å². The number of benzene rings is 4. The summed E-state index contributed by atoms with van der Waals surface area (Å²) < 4.78 is 19.1. The van der Waals surface area contributed by atoms with E-state index in [0.29, 0.717) is 17.6 Å². The number of methoxy groups -OCH3 is 1. The number of amides is 1. The van der Waals surface area contributed by atoms with Crippen LogP contribution >= 0.6 is 0 Å². The maximum Gasteiger partial charge on any atom is 0.258 e. The number of carbonyl (C=O) groups is 2. The van der Waals surface area contributed by atoms with Crippen LogP contribution in [0, 0.1) is 11.3 Å². The number of anilines is 1. The summed E-state index contributed by atoms with van der Waals surface area (Å²) in [6.45, 7) is 8.55. The normalized spacial score (nSPS) is 13.8. The standard InChI is InChI=1S/C40H42N6O6/c1-40(2,49)26-46-35-20-28(23-45-16-14-44(3)15-17-45)10-13-34(35)42-39(46)43-38(48)30-18-29(22-41)19-32(21-30)52-37-7-5-6-36(33(37)24-47)51-25-27-8-11-31(50-4)12-9-27/h5-13,18-21,24,49H,14-17,23,25-26H2,1-4H3,(H,42,43,48). The molecule has 4 aromatic carbocycles. The molecule has 268 valence electrons. The fraction of sp³-hybridized carbons (Fsp3) is 0.300. The van der Waals surface area contributed by atoms with E-state index >= 15 is 0 Å². The molecule has 2 heterocycles. The van der Waals surface area contributed by atoms with Crippen LogP contribution in [0.3, 0.4) is 0 Å². The molecule has 0 atom stereocenters. The number of aldehydes is 1. The molecule has 0 unspecified atom stereocenters.